The zero-order valence-electron chi connectivity index (χ0n) is 11.4. The molecule has 1 saturated heterocycles. The number of nitrogens with zero attached hydrogens (tertiary/aromatic N) is 1. The Balaban J connectivity index is 2.15. The van der Waals surface area contributed by atoms with Crippen molar-refractivity contribution in [3.05, 3.63) is 29.3 Å². The van der Waals surface area contributed by atoms with Crippen LogP contribution in [0.4, 0.5) is 0 Å². The first kappa shape index (κ1) is 13.6. The maximum Gasteiger partial charge on any atom is 0.254 e. The van der Waals surface area contributed by atoms with Gasteiger partial charge in [-0.2, -0.15) is 0 Å². The summed E-state index contributed by atoms with van der Waals surface area (Å²) in [5.41, 5.74) is 1.56. The van der Waals surface area contributed by atoms with Gasteiger partial charge in [0.15, 0.2) is 5.78 Å². The van der Waals surface area contributed by atoms with Gasteiger partial charge in [0, 0.05) is 18.5 Å². The smallest absolute Gasteiger partial charge is 0.254 e. The van der Waals surface area contributed by atoms with E-state index in [-0.39, 0.29) is 18.2 Å². The molecule has 0 radical (unpaired) electrons. The summed E-state index contributed by atoms with van der Waals surface area (Å²) in [7, 11) is 0. The van der Waals surface area contributed by atoms with Gasteiger partial charge in [0.2, 0.25) is 0 Å². The molecule has 2 rings (SSSR count). The lowest BCUT2D eigenvalue weighted by molar-refractivity contribution is -0.121. The van der Waals surface area contributed by atoms with E-state index in [4.69, 9.17) is 4.74 Å². The number of ether oxygens (including phenoxy) is 1. The maximum atomic E-state index is 12.3. The number of piperidine rings is 1. The number of carbonyl (C=O) groups excluding carboxylic acids is 2. The zero-order chi connectivity index (χ0) is 13.8. The number of aryl methyl sites for hydroxylation is 1. The van der Waals surface area contributed by atoms with E-state index in [0.717, 1.165) is 17.7 Å². The summed E-state index contributed by atoms with van der Waals surface area (Å²) in [6.45, 7) is 5.36. The Labute approximate surface area is 113 Å². The third-order valence-electron chi connectivity index (χ3n) is 3.26. The fourth-order valence-corrected chi connectivity index (χ4v) is 2.29. The molecule has 0 saturated carbocycles. The van der Waals surface area contributed by atoms with E-state index in [2.05, 4.69) is 0 Å². The Hall–Kier alpha value is -1.84. The Morgan fingerprint density at radius 2 is 2.21 bits per heavy atom. The van der Waals surface area contributed by atoms with Crippen LogP contribution in [0.25, 0.3) is 0 Å². The van der Waals surface area contributed by atoms with Crippen molar-refractivity contribution < 1.29 is 14.3 Å². The standard InChI is InChI=1S/C15H19NO3/c1-3-19-14-7-6-12(9-11(14)2)15(18)16-8-4-5-13(17)10-16/h6-7,9H,3-5,8,10H2,1-2H3. The first-order valence-corrected chi connectivity index (χ1v) is 6.66. The lowest BCUT2D eigenvalue weighted by Crippen LogP contribution is -2.40. The molecule has 1 heterocycles. The second-order valence-corrected chi connectivity index (χ2v) is 4.78. The van der Waals surface area contributed by atoms with Crippen LogP contribution in [0.2, 0.25) is 0 Å². The van der Waals surface area contributed by atoms with E-state index in [0.29, 0.717) is 25.1 Å². The van der Waals surface area contributed by atoms with Gasteiger partial charge in [-0.15, -0.1) is 0 Å². The highest BCUT2D eigenvalue weighted by atomic mass is 16.5. The van der Waals surface area contributed by atoms with Crippen molar-refractivity contribution in [3.8, 4) is 5.75 Å². The molecule has 102 valence electrons. The van der Waals surface area contributed by atoms with Gasteiger partial charge >= 0.3 is 0 Å². The van der Waals surface area contributed by atoms with Crippen LogP contribution in [0.15, 0.2) is 18.2 Å². The summed E-state index contributed by atoms with van der Waals surface area (Å²) in [6.07, 6.45) is 1.35. The summed E-state index contributed by atoms with van der Waals surface area (Å²) < 4.78 is 5.45. The first-order chi connectivity index (χ1) is 9.11. The fourth-order valence-electron chi connectivity index (χ4n) is 2.29. The van der Waals surface area contributed by atoms with Gasteiger partial charge in [0.05, 0.1) is 13.2 Å². The topological polar surface area (TPSA) is 46.6 Å². The average molecular weight is 261 g/mol. The van der Waals surface area contributed by atoms with E-state index < -0.39 is 0 Å². The van der Waals surface area contributed by atoms with Crippen molar-refractivity contribution in [1.82, 2.24) is 4.90 Å². The van der Waals surface area contributed by atoms with Gasteiger partial charge in [-0.05, 0) is 44.0 Å². The minimum Gasteiger partial charge on any atom is -0.494 e. The molecule has 4 nitrogen and oxygen atoms in total. The number of carbonyl (C=O) groups is 2. The molecule has 1 amide bonds. The van der Waals surface area contributed by atoms with Crippen LogP contribution in [-0.4, -0.2) is 36.3 Å². The van der Waals surface area contributed by atoms with Gasteiger partial charge < -0.3 is 9.64 Å². The molecule has 4 heteroatoms. The Kier molecular flexibility index (Phi) is 4.20. The molecule has 1 fully saturated rings. The van der Waals surface area contributed by atoms with Gasteiger partial charge in [0.25, 0.3) is 5.91 Å². The summed E-state index contributed by atoms with van der Waals surface area (Å²) in [5.74, 6) is 0.871. The van der Waals surface area contributed by atoms with Crippen LogP contribution >= 0.6 is 0 Å². The number of Topliss-reactive ketones (excluding diaryl/α,β-unsaturated/α-hetero) is 1. The Bertz CT molecular complexity index is 496. The highest BCUT2D eigenvalue weighted by molar-refractivity contribution is 5.97. The molecule has 1 aliphatic heterocycles. The Morgan fingerprint density at radius 1 is 1.42 bits per heavy atom. The van der Waals surface area contributed by atoms with Crippen LogP contribution in [0, 0.1) is 6.92 Å². The number of likely N-dealkylation sites (tertiary alicyclic amines) is 1. The molecule has 1 aromatic carbocycles. The van der Waals surface area contributed by atoms with Gasteiger partial charge in [-0.1, -0.05) is 0 Å². The van der Waals surface area contributed by atoms with Gasteiger partial charge in [-0.3, -0.25) is 9.59 Å². The molecule has 0 unspecified atom stereocenters. The van der Waals surface area contributed by atoms with Crippen molar-refractivity contribution in [3.63, 3.8) is 0 Å². The SMILES string of the molecule is CCOc1ccc(C(=O)N2CCCC(=O)C2)cc1C. The lowest BCUT2D eigenvalue weighted by Gasteiger charge is -2.26. The number of hydrogen-bond donors (Lipinski definition) is 0. The van der Waals surface area contributed by atoms with Crippen molar-refractivity contribution in [2.75, 3.05) is 19.7 Å². The van der Waals surface area contributed by atoms with Gasteiger partial charge in [-0.25, -0.2) is 0 Å². The predicted octanol–water partition coefficient (Wildman–Crippen LogP) is 2.20. The third kappa shape index (κ3) is 3.13. The van der Waals surface area contributed by atoms with Crippen molar-refractivity contribution in [2.24, 2.45) is 0 Å². The molecular formula is C15H19NO3. The number of amides is 1. The molecule has 0 aliphatic carbocycles. The highest BCUT2D eigenvalue weighted by Gasteiger charge is 2.22. The Morgan fingerprint density at radius 3 is 2.84 bits per heavy atom. The summed E-state index contributed by atoms with van der Waals surface area (Å²) in [5, 5.41) is 0. The third-order valence-corrected chi connectivity index (χ3v) is 3.26. The molecule has 19 heavy (non-hydrogen) atoms. The second-order valence-electron chi connectivity index (χ2n) is 4.78. The van der Waals surface area contributed by atoms with E-state index in [1.165, 1.54) is 0 Å². The summed E-state index contributed by atoms with van der Waals surface area (Å²) in [6, 6.07) is 5.41. The van der Waals surface area contributed by atoms with Crippen LogP contribution in [0.3, 0.4) is 0 Å². The molecule has 1 aliphatic rings. The second kappa shape index (κ2) is 5.87. The van der Waals surface area contributed by atoms with Crippen molar-refractivity contribution in [1.29, 1.82) is 0 Å². The molecule has 0 atom stereocenters. The van der Waals surface area contributed by atoms with Crippen molar-refractivity contribution >= 4 is 11.7 Å². The van der Waals surface area contributed by atoms with Crippen LogP contribution in [0.5, 0.6) is 5.75 Å². The van der Waals surface area contributed by atoms with Gasteiger partial charge in [0.1, 0.15) is 5.75 Å². The largest absolute Gasteiger partial charge is 0.494 e. The monoisotopic (exact) mass is 261 g/mol. The predicted molar refractivity (Wildman–Crippen MR) is 72.5 cm³/mol. The molecule has 1 aromatic rings. The van der Waals surface area contributed by atoms with Crippen LogP contribution in [-0.2, 0) is 4.79 Å². The first-order valence-electron chi connectivity index (χ1n) is 6.66. The number of ketones is 1. The van der Waals surface area contributed by atoms with E-state index in [1.54, 1.807) is 11.0 Å². The lowest BCUT2D eigenvalue weighted by atomic mass is 10.1. The molecule has 0 N–H and O–H groups in total. The minimum absolute atomic E-state index is 0.0702. The minimum atomic E-state index is -0.0702. The fraction of sp³-hybridized carbons (Fsp3) is 0.467. The molecular weight excluding hydrogens is 242 g/mol. The van der Waals surface area contributed by atoms with E-state index in [9.17, 15) is 9.59 Å². The van der Waals surface area contributed by atoms with E-state index >= 15 is 0 Å². The quantitative estimate of drug-likeness (QED) is 0.838. The molecule has 0 bridgehead atoms. The highest BCUT2D eigenvalue weighted by Crippen LogP contribution is 2.20. The number of benzene rings is 1. The summed E-state index contributed by atoms with van der Waals surface area (Å²) >= 11 is 0. The maximum absolute atomic E-state index is 12.3. The average Bonchev–Trinajstić information content (AvgIpc) is 2.40. The summed E-state index contributed by atoms with van der Waals surface area (Å²) in [4.78, 5) is 25.3. The van der Waals surface area contributed by atoms with Crippen molar-refractivity contribution in [2.45, 2.75) is 26.7 Å². The molecule has 0 spiro atoms. The van der Waals surface area contributed by atoms with Crippen LogP contribution < -0.4 is 4.74 Å². The number of hydrogen-bond acceptors (Lipinski definition) is 3. The van der Waals surface area contributed by atoms with E-state index in [1.807, 2.05) is 26.0 Å². The number of rotatable bonds is 3. The zero-order valence-corrected chi connectivity index (χ0v) is 11.4. The van der Waals surface area contributed by atoms with Crippen LogP contribution in [0.1, 0.15) is 35.7 Å². The normalized spacial score (nSPS) is 15.5. The molecule has 0 aromatic heterocycles.